The van der Waals surface area contributed by atoms with E-state index in [0.29, 0.717) is 34.7 Å². The molecular weight excluding hydrogens is 440 g/mol. The predicted octanol–water partition coefficient (Wildman–Crippen LogP) is 3.01. The highest BCUT2D eigenvalue weighted by Crippen LogP contribution is 2.40. The molecule has 2 aromatic carbocycles. The summed E-state index contributed by atoms with van der Waals surface area (Å²) in [5.41, 5.74) is -0.198. The first kappa shape index (κ1) is 20.1. The Hall–Kier alpha value is -2.68. The molecule has 0 saturated heterocycles. The van der Waals surface area contributed by atoms with Crippen molar-refractivity contribution in [2.75, 3.05) is 20.3 Å². The Labute approximate surface area is 167 Å². The van der Waals surface area contributed by atoms with Crippen LogP contribution in [0.5, 0.6) is 11.5 Å². The van der Waals surface area contributed by atoms with Crippen molar-refractivity contribution < 1.29 is 32.6 Å². The highest BCUT2D eigenvalue weighted by molar-refractivity contribution is 9.10. The van der Waals surface area contributed by atoms with E-state index >= 15 is 0 Å². The van der Waals surface area contributed by atoms with Crippen LogP contribution in [-0.4, -0.2) is 38.2 Å². The molecule has 9 heteroatoms. The second kappa shape index (κ2) is 8.55. The molecule has 0 saturated carbocycles. The summed E-state index contributed by atoms with van der Waals surface area (Å²) in [6.45, 7) is 0.699. The summed E-state index contributed by atoms with van der Waals surface area (Å²) >= 11 is 3.36. The van der Waals surface area contributed by atoms with Crippen molar-refractivity contribution in [2.24, 2.45) is 0 Å². The molecule has 3 rings (SSSR count). The Bertz CT molecular complexity index is 901. The number of ether oxygens (including phenoxy) is 3. The first-order valence-electron chi connectivity index (χ1n) is 8.32. The van der Waals surface area contributed by atoms with E-state index in [-0.39, 0.29) is 6.42 Å². The van der Waals surface area contributed by atoms with Crippen LogP contribution in [0, 0.1) is 11.6 Å². The average Bonchev–Trinajstić information content (AvgIpc) is 2.69. The Balaban J connectivity index is 1.88. The van der Waals surface area contributed by atoms with Gasteiger partial charge in [0.1, 0.15) is 36.5 Å². The summed E-state index contributed by atoms with van der Waals surface area (Å²) in [7, 11) is 1.15. The van der Waals surface area contributed by atoms with Gasteiger partial charge < -0.3 is 19.5 Å². The SMILES string of the molecule is COC(=O)[C@H](Cc1ccc(Br)c2c1OCCO2)NC(=O)c1c(F)cccc1F. The lowest BCUT2D eigenvalue weighted by Gasteiger charge is -2.24. The van der Waals surface area contributed by atoms with Crippen molar-refractivity contribution in [2.45, 2.75) is 12.5 Å². The fourth-order valence-corrected chi connectivity index (χ4v) is 3.25. The van der Waals surface area contributed by atoms with Gasteiger partial charge in [0.15, 0.2) is 11.5 Å². The number of amides is 1. The van der Waals surface area contributed by atoms with E-state index in [1.807, 2.05) is 0 Å². The van der Waals surface area contributed by atoms with Crippen molar-refractivity contribution in [1.29, 1.82) is 0 Å². The molecule has 0 bridgehead atoms. The summed E-state index contributed by atoms with van der Waals surface area (Å²) in [6, 6.07) is 5.29. The molecule has 1 aliphatic heterocycles. The van der Waals surface area contributed by atoms with Crippen molar-refractivity contribution in [1.82, 2.24) is 5.32 Å². The Morgan fingerprint density at radius 2 is 1.79 bits per heavy atom. The third-order valence-corrected chi connectivity index (χ3v) is 4.75. The van der Waals surface area contributed by atoms with Gasteiger partial charge in [-0.2, -0.15) is 0 Å². The molecule has 1 atom stereocenters. The van der Waals surface area contributed by atoms with Crippen molar-refractivity contribution in [3.05, 3.63) is 57.6 Å². The van der Waals surface area contributed by atoms with Crippen LogP contribution < -0.4 is 14.8 Å². The topological polar surface area (TPSA) is 73.9 Å². The lowest BCUT2D eigenvalue weighted by Crippen LogP contribution is -2.43. The molecule has 0 spiro atoms. The number of benzene rings is 2. The highest BCUT2D eigenvalue weighted by atomic mass is 79.9. The third kappa shape index (κ3) is 4.09. The largest absolute Gasteiger partial charge is 0.486 e. The van der Waals surface area contributed by atoms with E-state index in [0.717, 1.165) is 25.3 Å². The zero-order chi connectivity index (χ0) is 20.3. The average molecular weight is 456 g/mol. The fraction of sp³-hybridized carbons (Fsp3) is 0.263. The third-order valence-electron chi connectivity index (χ3n) is 4.13. The summed E-state index contributed by atoms with van der Waals surface area (Å²) in [4.78, 5) is 24.6. The number of nitrogens with one attached hydrogen (secondary N) is 1. The molecule has 2 aromatic rings. The summed E-state index contributed by atoms with van der Waals surface area (Å²) in [5.74, 6) is -2.97. The van der Waals surface area contributed by atoms with Gasteiger partial charge in [0, 0.05) is 12.0 Å². The first-order valence-corrected chi connectivity index (χ1v) is 9.11. The number of esters is 1. The van der Waals surface area contributed by atoms with Crippen LogP contribution in [-0.2, 0) is 16.0 Å². The van der Waals surface area contributed by atoms with E-state index < -0.39 is 35.1 Å². The smallest absolute Gasteiger partial charge is 0.328 e. The number of hydrogen-bond donors (Lipinski definition) is 1. The van der Waals surface area contributed by atoms with E-state index in [9.17, 15) is 18.4 Å². The van der Waals surface area contributed by atoms with Crippen molar-refractivity contribution in [3.8, 4) is 11.5 Å². The molecule has 148 valence electrons. The molecule has 0 radical (unpaired) electrons. The van der Waals surface area contributed by atoms with Crippen LogP contribution in [0.4, 0.5) is 8.78 Å². The molecule has 1 heterocycles. The van der Waals surface area contributed by atoms with Crippen LogP contribution in [0.3, 0.4) is 0 Å². The van der Waals surface area contributed by atoms with Gasteiger partial charge in [-0.3, -0.25) is 4.79 Å². The van der Waals surface area contributed by atoms with Crippen molar-refractivity contribution in [3.63, 3.8) is 0 Å². The summed E-state index contributed by atoms with van der Waals surface area (Å²) in [5, 5.41) is 2.33. The Kier molecular flexibility index (Phi) is 6.13. The van der Waals surface area contributed by atoms with E-state index in [4.69, 9.17) is 14.2 Å². The number of halogens is 3. The second-order valence-electron chi connectivity index (χ2n) is 5.91. The number of fused-ring (bicyclic) bond motifs is 1. The molecule has 0 aliphatic carbocycles. The molecule has 1 N–H and O–H groups in total. The summed E-state index contributed by atoms with van der Waals surface area (Å²) < 4.78 is 44.4. The molecule has 6 nitrogen and oxygen atoms in total. The van der Waals surface area contributed by atoms with Gasteiger partial charge in [-0.05, 0) is 34.1 Å². The normalized spacial score (nSPS) is 13.6. The number of methoxy groups -OCH3 is 1. The predicted molar refractivity (Wildman–Crippen MR) is 98.5 cm³/mol. The van der Waals surface area contributed by atoms with Gasteiger partial charge in [-0.15, -0.1) is 0 Å². The molecule has 0 fully saturated rings. The maximum absolute atomic E-state index is 13.9. The standard InChI is InChI=1S/C19H16BrF2NO5/c1-26-19(25)14(23-18(24)15-12(21)3-2-4-13(15)22)9-10-5-6-11(20)17-16(10)27-7-8-28-17/h2-6,14H,7-9H2,1H3,(H,23,24)/t14-/m0/s1. The molecule has 28 heavy (non-hydrogen) atoms. The Morgan fingerprint density at radius 1 is 1.14 bits per heavy atom. The van der Waals surface area contributed by atoms with E-state index in [1.54, 1.807) is 12.1 Å². The minimum Gasteiger partial charge on any atom is -0.486 e. The van der Waals surface area contributed by atoms with Gasteiger partial charge in [-0.1, -0.05) is 12.1 Å². The van der Waals surface area contributed by atoms with Crippen molar-refractivity contribution >= 4 is 27.8 Å². The monoisotopic (exact) mass is 455 g/mol. The zero-order valence-electron chi connectivity index (χ0n) is 14.8. The van der Waals surface area contributed by atoms with Gasteiger partial charge in [0.25, 0.3) is 5.91 Å². The van der Waals surface area contributed by atoms with E-state index in [2.05, 4.69) is 21.2 Å². The van der Waals surface area contributed by atoms with Crippen LogP contribution in [0.1, 0.15) is 15.9 Å². The maximum atomic E-state index is 13.9. The minimum absolute atomic E-state index is 0.0204. The van der Waals surface area contributed by atoms with E-state index in [1.165, 1.54) is 0 Å². The molecule has 1 aliphatic rings. The number of rotatable bonds is 5. The molecule has 0 unspecified atom stereocenters. The fourth-order valence-electron chi connectivity index (χ4n) is 2.82. The minimum atomic E-state index is -1.19. The molecule has 0 aromatic heterocycles. The second-order valence-corrected chi connectivity index (χ2v) is 6.77. The lowest BCUT2D eigenvalue weighted by molar-refractivity contribution is -0.142. The lowest BCUT2D eigenvalue weighted by atomic mass is 10.0. The molecule has 1 amide bonds. The van der Waals surface area contributed by atoms with Crippen LogP contribution >= 0.6 is 15.9 Å². The molecular formula is C19H16BrF2NO5. The number of hydrogen-bond acceptors (Lipinski definition) is 5. The highest BCUT2D eigenvalue weighted by Gasteiger charge is 2.28. The van der Waals surface area contributed by atoms with Gasteiger partial charge in [0.2, 0.25) is 0 Å². The summed E-state index contributed by atoms with van der Waals surface area (Å²) in [6.07, 6.45) is -0.0204. The maximum Gasteiger partial charge on any atom is 0.328 e. The quantitative estimate of drug-likeness (QED) is 0.701. The van der Waals surface area contributed by atoms with Crippen LogP contribution in [0.2, 0.25) is 0 Å². The first-order chi connectivity index (χ1) is 13.4. The number of carbonyl (C=O) groups is 2. The van der Waals surface area contributed by atoms with Gasteiger partial charge in [-0.25, -0.2) is 13.6 Å². The van der Waals surface area contributed by atoms with Crippen LogP contribution in [0.15, 0.2) is 34.8 Å². The van der Waals surface area contributed by atoms with Crippen LogP contribution in [0.25, 0.3) is 0 Å². The number of carbonyl (C=O) groups excluding carboxylic acids is 2. The Morgan fingerprint density at radius 3 is 2.43 bits per heavy atom. The van der Waals surface area contributed by atoms with Gasteiger partial charge in [0.05, 0.1) is 11.6 Å². The van der Waals surface area contributed by atoms with Gasteiger partial charge >= 0.3 is 5.97 Å². The zero-order valence-corrected chi connectivity index (χ0v) is 16.3.